The molecule has 1 fully saturated rings. The van der Waals surface area contributed by atoms with Crippen molar-refractivity contribution >= 4 is 9.84 Å². The zero-order valence-electron chi connectivity index (χ0n) is 13.1. The lowest BCUT2D eigenvalue weighted by Crippen LogP contribution is -2.42. The van der Waals surface area contributed by atoms with Crippen molar-refractivity contribution < 1.29 is 13.5 Å². The first-order valence-corrected chi connectivity index (χ1v) is 9.97. The quantitative estimate of drug-likeness (QED) is 0.886. The van der Waals surface area contributed by atoms with Crippen LogP contribution in [-0.2, 0) is 22.7 Å². The molecule has 0 bridgehead atoms. The van der Waals surface area contributed by atoms with E-state index >= 15 is 0 Å². The molecule has 0 spiro atoms. The molecule has 1 aromatic carbocycles. The van der Waals surface area contributed by atoms with Crippen LogP contribution in [0, 0.1) is 0 Å². The van der Waals surface area contributed by atoms with Crippen molar-refractivity contribution in [1.82, 2.24) is 5.32 Å². The Balaban J connectivity index is 1.64. The molecule has 0 saturated carbocycles. The van der Waals surface area contributed by atoms with Gasteiger partial charge in [-0.15, -0.1) is 0 Å². The fourth-order valence-electron chi connectivity index (χ4n) is 3.52. The van der Waals surface area contributed by atoms with Crippen molar-refractivity contribution in [2.24, 2.45) is 0 Å². The molecule has 2 unspecified atom stereocenters. The number of sulfone groups is 1. The third kappa shape index (κ3) is 3.53. The Morgan fingerprint density at radius 3 is 2.68 bits per heavy atom. The molecule has 0 radical (unpaired) electrons. The Hall–Kier alpha value is -0.910. The lowest BCUT2D eigenvalue weighted by atomic mass is 9.89. The Morgan fingerprint density at radius 1 is 1.27 bits per heavy atom. The minimum absolute atomic E-state index is 0.0956. The Bertz CT molecular complexity index is 656. The fourth-order valence-corrected chi connectivity index (χ4v) is 5.42. The molecule has 1 saturated heterocycles. The number of hydrogen-bond acceptors (Lipinski definition) is 4. The molecular formula is C17H25NO3S. The Kier molecular flexibility index (Phi) is 4.32. The van der Waals surface area contributed by atoms with Gasteiger partial charge >= 0.3 is 0 Å². The normalized spacial score (nSPS) is 28.3. The summed E-state index contributed by atoms with van der Waals surface area (Å²) in [6.07, 6.45) is 5.20. The van der Waals surface area contributed by atoms with Crippen LogP contribution >= 0.6 is 0 Å². The highest BCUT2D eigenvalue weighted by molar-refractivity contribution is 7.91. The zero-order chi connectivity index (χ0) is 15.8. The van der Waals surface area contributed by atoms with E-state index in [2.05, 4.69) is 30.4 Å². The standard InChI is InChI=1S/C17H25NO3S/c1-13(18-11-17(19)8-9-22(20,21)12-17)15-7-6-14-4-2-3-5-16(14)10-15/h6-7,10,13,18-19H,2-5,8-9,11-12H2,1H3. The van der Waals surface area contributed by atoms with Gasteiger partial charge in [0.15, 0.2) is 9.84 Å². The largest absolute Gasteiger partial charge is 0.387 e. The van der Waals surface area contributed by atoms with Gasteiger partial charge in [-0.3, -0.25) is 0 Å². The number of nitrogens with one attached hydrogen (secondary N) is 1. The second kappa shape index (κ2) is 5.95. The van der Waals surface area contributed by atoms with Gasteiger partial charge in [-0.2, -0.15) is 0 Å². The van der Waals surface area contributed by atoms with Crippen LogP contribution in [0.3, 0.4) is 0 Å². The highest BCUT2D eigenvalue weighted by Crippen LogP contribution is 2.26. The molecular weight excluding hydrogens is 298 g/mol. The molecule has 4 nitrogen and oxygen atoms in total. The van der Waals surface area contributed by atoms with Crippen LogP contribution in [-0.4, -0.2) is 37.2 Å². The lowest BCUT2D eigenvalue weighted by molar-refractivity contribution is 0.0647. The van der Waals surface area contributed by atoms with Gasteiger partial charge in [0.1, 0.15) is 0 Å². The summed E-state index contributed by atoms with van der Waals surface area (Å²) in [6, 6.07) is 6.75. The molecule has 2 N–H and O–H groups in total. The summed E-state index contributed by atoms with van der Waals surface area (Å²) in [4.78, 5) is 0. The third-order valence-corrected chi connectivity index (χ3v) is 6.78. The van der Waals surface area contributed by atoms with E-state index in [0.29, 0.717) is 13.0 Å². The van der Waals surface area contributed by atoms with Gasteiger partial charge < -0.3 is 10.4 Å². The predicted molar refractivity (Wildman–Crippen MR) is 87.7 cm³/mol. The van der Waals surface area contributed by atoms with Gasteiger partial charge in [0.2, 0.25) is 0 Å². The summed E-state index contributed by atoms with van der Waals surface area (Å²) in [7, 11) is -3.07. The third-order valence-electron chi connectivity index (χ3n) is 4.98. The van der Waals surface area contributed by atoms with E-state index in [9.17, 15) is 13.5 Å². The maximum Gasteiger partial charge on any atom is 0.153 e. The molecule has 3 rings (SSSR count). The first-order valence-electron chi connectivity index (χ1n) is 8.15. The second-order valence-electron chi connectivity index (χ2n) is 6.90. The minimum atomic E-state index is -3.07. The van der Waals surface area contributed by atoms with Gasteiger partial charge in [0.05, 0.1) is 17.1 Å². The molecule has 0 aromatic heterocycles. The summed E-state index contributed by atoms with van der Waals surface area (Å²) < 4.78 is 23.1. The molecule has 2 atom stereocenters. The molecule has 1 aromatic rings. The molecule has 5 heteroatoms. The van der Waals surface area contributed by atoms with Crippen molar-refractivity contribution in [1.29, 1.82) is 0 Å². The topological polar surface area (TPSA) is 66.4 Å². The number of hydrogen-bond donors (Lipinski definition) is 2. The molecule has 1 aliphatic carbocycles. The highest BCUT2D eigenvalue weighted by Gasteiger charge is 2.40. The maximum absolute atomic E-state index is 11.5. The number of aliphatic hydroxyl groups is 1. The van der Waals surface area contributed by atoms with Crippen LogP contribution in [0.15, 0.2) is 18.2 Å². The number of fused-ring (bicyclic) bond motifs is 1. The van der Waals surface area contributed by atoms with Crippen LogP contribution in [0.4, 0.5) is 0 Å². The van der Waals surface area contributed by atoms with Gasteiger partial charge in [-0.25, -0.2) is 8.42 Å². The molecule has 0 amide bonds. The monoisotopic (exact) mass is 323 g/mol. The van der Waals surface area contributed by atoms with E-state index in [-0.39, 0.29) is 17.5 Å². The smallest absolute Gasteiger partial charge is 0.153 e. The number of rotatable bonds is 4. The van der Waals surface area contributed by atoms with Gasteiger partial charge in [0.25, 0.3) is 0 Å². The summed E-state index contributed by atoms with van der Waals surface area (Å²) >= 11 is 0. The average molecular weight is 323 g/mol. The zero-order valence-corrected chi connectivity index (χ0v) is 14.0. The highest BCUT2D eigenvalue weighted by atomic mass is 32.2. The van der Waals surface area contributed by atoms with Crippen molar-refractivity contribution in [2.45, 2.75) is 50.7 Å². The van der Waals surface area contributed by atoms with E-state index in [1.807, 2.05) is 0 Å². The van der Waals surface area contributed by atoms with E-state index in [0.717, 1.165) is 6.42 Å². The van der Waals surface area contributed by atoms with Crippen LogP contribution in [0.5, 0.6) is 0 Å². The Morgan fingerprint density at radius 2 is 2.00 bits per heavy atom. The second-order valence-corrected chi connectivity index (χ2v) is 9.09. The summed E-state index contributed by atoms with van der Waals surface area (Å²) in [5.41, 5.74) is 3.01. The number of aryl methyl sites for hydroxylation is 2. The predicted octanol–water partition coefficient (Wildman–Crippen LogP) is 1.77. The first-order chi connectivity index (χ1) is 10.4. The Labute approximate surface area is 132 Å². The molecule has 22 heavy (non-hydrogen) atoms. The summed E-state index contributed by atoms with van der Waals surface area (Å²) in [5.74, 6) is -0.0255. The number of benzene rings is 1. The van der Waals surface area contributed by atoms with E-state index in [4.69, 9.17) is 0 Å². The van der Waals surface area contributed by atoms with Crippen LogP contribution in [0.2, 0.25) is 0 Å². The molecule has 122 valence electrons. The van der Waals surface area contributed by atoms with Gasteiger partial charge in [-0.05, 0) is 55.7 Å². The maximum atomic E-state index is 11.5. The van der Waals surface area contributed by atoms with Crippen molar-refractivity contribution in [3.63, 3.8) is 0 Å². The van der Waals surface area contributed by atoms with Crippen molar-refractivity contribution in [3.8, 4) is 0 Å². The fraction of sp³-hybridized carbons (Fsp3) is 0.647. The van der Waals surface area contributed by atoms with Crippen LogP contribution in [0.25, 0.3) is 0 Å². The van der Waals surface area contributed by atoms with Crippen molar-refractivity contribution in [3.05, 3.63) is 34.9 Å². The summed E-state index contributed by atoms with van der Waals surface area (Å²) in [5, 5.41) is 13.7. The van der Waals surface area contributed by atoms with E-state index in [1.165, 1.54) is 36.0 Å². The molecule has 2 aliphatic rings. The van der Waals surface area contributed by atoms with E-state index in [1.54, 1.807) is 0 Å². The molecule has 1 heterocycles. The van der Waals surface area contributed by atoms with Gasteiger partial charge in [0, 0.05) is 12.6 Å². The van der Waals surface area contributed by atoms with Crippen molar-refractivity contribution in [2.75, 3.05) is 18.1 Å². The molecule has 1 aliphatic heterocycles. The lowest BCUT2D eigenvalue weighted by Gasteiger charge is -2.25. The SMILES string of the molecule is CC(NCC1(O)CCS(=O)(=O)C1)c1ccc2c(c1)CCCC2. The van der Waals surface area contributed by atoms with Crippen LogP contribution in [0.1, 0.15) is 48.9 Å². The summed E-state index contributed by atoms with van der Waals surface area (Å²) in [6.45, 7) is 2.39. The van der Waals surface area contributed by atoms with Crippen LogP contribution < -0.4 is 5.32 Å². The van der Waals surface area contributed by atoms with Gasteiger partial charge in [-0.1, -0.05) is 18.2 Å². The first kappa shape index (κ1) is 16.0. The van der Waals surface area contributed by atoms with E-state index < -0.39 is 15.4 Å². The average Bonchev–Trinajstić information content (AvgIpc) is 2.78. The minimum Gasteiger partial charge on any atom is -0.387 e.